The predicted molar refractivity (Wildman–Crippen MR) is 120 cm³/mol. The number of carbonyl (C=O) groups excluding carboxylic acids is 1. The molecule has 3 rings (SSSR count). The van der Waals surface area contributed by atoms with Gasteiger partial charge in [-0.25, -0.2) is 8.42 Å². The number of amides is 1. The van der Waals surface area contributed by atoms with Crippen LogP contribution >= 0.6 is 23.2 Å². The highest BCUT2D eigenvalue weighted by Crippen LogP contribution is 2.32. The van der Waals surface area contributed by atoms with Crippen LogP contribution in [0.15, 0.2) is 42.5 Å². The zero-order chi connectivity index (χ0) is 21.2. The van der Waals surface area contributed by atoms with Crippen LogP contribution in [0.3, 0.4) is 0 Å². The molecule has 1 heterocycles. The van der Waals surface area contributed by atoms with Crippen molar-refractivity contribution in [2.45, 2.75) is 25.8 Å². The van der Waals surface area contributed by atoms with Gasteiger partial charge in [-0.3, -0.25) is 9.10 Å². The van der Waals surface area contributed by atoms with Crippen molar-refractivity contribution >= 4 is 56.2 Å². The third-order valence-corrected chi connectivity index (χ3v) is 6.62. The Labute approximate surface area is 181 Å². The molecule has 1 amide bonds. The minimum Gasteiger partial charge on any atom is -0.372 e. The average molecular weight is 456 g/mol. The second-order valence-electron chi connectivity index (χ2n) is 7.06. The van der Waals surface area contributed by atoms with E-state index in [1.165, 1.54) is 31.9 Å². The number of hydrogen-bond acceptors (Lipinski definition) is 4. The molecular weight excluding hydrogens is 433 g/mol. The summed E-state index contributed by atoms with van der Waals surface area (Å²) in [6.45, 7) is 3.57. The van der Waals surface area contributed by atoms with Gasteiger partial charge in [0.05, 0.1) is 17.0 Å². The monoisotopic (exact) mass is 455 g/mol. The maximum absolute atomic E-state index is 12.8. The fourth-order valence-electron chi connectivity index (χ4n) is 3.41. The molecule has 0 aromatic heterocycles. The Hall–Kier alpha value is -1.96. The number of hydrogen-bond donors (Lipinski definition) is 1. The van der Waals surface area contributed by atoms with Crippen LogP contribution in [0, 0.1) is 0 Å². The first-order valence-electron chi connectivity index (χ1n) is 9.27. The first-order valence-corrected chi connectivity index (χ1v) is 11.9. The number of nitrogens with zero attached hydrogens (tertiary/aromatic N) is 2. The molecule has 0 spiro atoms. The second-order valence-corrected chi connectivity index (χ2v) is 9.76. The van der Waals surface area contributed by atoms with Crippen LogP contribution in [0.4, 0.5) is 17.1 Å². The van der Waals surface area contributed by atoms with Gasteiger partial charge in [0.15, 0.2) is 0 Å². The van der Waals surface area contributed by atoms with Gasteiger partial charge in [0.2, 0.25) is 15.9 Å². The summed E-state index contributed by atoms with van der Waals surface area (Å²) in [6, 6.07) is 11.0. The predicted octanol–water partition coefficient (Wildman–Crippen LogP) is 4.39. The first-order chi connectivity index (χ1) is 13.7. The van der Waals surface area contributed by atoms with Crippen molar-refractivity contribution < 1.29 is 13.2 Å². The number of anilines is 3. The number of sulfonamides is 1. The number of halogens is 2. The van der Waals surface area contributed by atoms with E-state index in [0.717, 1.165) is 29.3 Å². The van der Waals surface area contributed by atoms with Gasteiger partial charge in [-0.15, -0.1) is 0 Å². The number of carbonyl (C=O) groups is 1. The number of nitrogens with one attached hydrogen (secondary N) is 1. The molecule has 1 N–H and O–H groups in total. The van der Waals surface area contributed by atoms with Crippen molar-refractivity contribution in [3.63, 3.8) is 0 Å². The lowest BCUT2D eigenvalue weighted by atomic mass is 10.2. The van der Waals surface area contributed by atoms with Crippen molar-refractivity contribution in [3.8, 4) is 0 Å². The van der Waals surface area contributed by atoms with E-state index in [4.69, 9.17) is 23.2 Å². The summed E-state index contributed by atoms with van der Waals surface area (Å²) in [6.07, 6.45) is 3.39. The van der Waals surface area contributed by atoms with E-state index in [1.807, 2.05) is 24.3 Å². The fraction of sp³-hybridized carbons (Fsp3) is 0.350. The van der Waals surface area contributed by atoms with E-state index < -0.39 is 22.0 Å². The molecule has 1 atom stereocenters. The molecule has 0 saturated carbocycles. The van der Waals surface area contributed by atoms with Crippen molar-refractivity contribution in [2.75, 3.05) is 33.9 Å². The van der Waals surface area contributed by atoms with Crippen LogP contribution in [0.2, 0.25) is 10.0 Å². The highest BCUT2D eigenvalue weighted by atomic mass is 35.5. The highest BCUT2D eigenvalue weighted by Gasteiger charge is 2.31. The van der Waals surface area contributed by atoms with Crippen LogP contribution in [0.5, 0.6) is 0 Å². The van der Waals surface area contributed by atoms with Crippen molar-refractivity contribution in [3.05, 3.63) is 52.5 Å². The number of rotatable bonds is 6. The molecule has 0 unspecified atom stereocenters. The summed E-state index contributed by atoms with van der Waals surface area (Å²) in [5.41, 5.74) is 1.86. The Morgan fingerprint density at radius 3 is 2.31 bits per heavy atom. The van der Waals surface area contributed by atoms with Crippen LogP contribution < -0.4 is 14.5 Å². The van der Waals surface area contributed by atoms with Gasteiger partial charge in [-0.1, -0.05) is 23.2 Å². The summed E-state index contributed by atoms with van der Waals surface area (Å²) in [5, 5.41) is 3.29. The molecule has 0 aliphatic carbocycles. The minimum atomic E-state index is -3.79. The van der Waals surface area contributed by atoms with Crippen LogP contribution in [0.1, 0.15) is 19.8 Å². The van der Waals surface area contributed by atoms with Crippen LogP contribution in [-0.4, -0.2) is 39.7 Å². The highest BCUT2D eigenvalue weighted by molar-refractivity contribution is 7.92. The van der Waals surface area contributed by atoms with Gasteiger partial charge in [0.1, 0.15) is 6.04 Å². The quantitative estimate of drug-likeness (QED) is 0.700. The van der Waals surface area contributed by atoms with Crippen LogP contribution in [0.25, 0.3) is 0 Å². The maximum atomic E-state index is 12.8. The lowest BCUT2D eigenvalue weighted by Gasteiger charge is -2.29. The molecule has 1 aliphatic rings. The van der Waals surface area contributed by atoms with E-state index in [0.29, 0.717) is 10.7 Å². The molecule has 1 saturated heterocycles. The van der Waals surface area contributed by atoms with Gasteiger partial charge in [0.25, 0.3) is 0 Å². The lowest BCUT2D eigenvalue weighted by molar-refractivity contribution is -0.116. The molecule has 2 aromatic rings. The van der Waals surface area contributed by atoms with E-state index in [9.17, 15) is 13.2 Å². The molecule has 0 bridgehead atoms. The molecule has 0 radical (unpaired) electrons. The summed E-state index contributed by atoms with van der Waals surface area (Å²) in [7, 11) is -3.79. The van der Waals surface area contributed by atoms with Gasteiger partial charge < -0.3 is 10.2 Å². The zero-order valence-corrected chi connectivity index (χ0v) is 18.6. The Morgan fingerprint density at radius 1 is 1.10 bits per heavy atom. The van der Waals surface area contributed by atoms with Crippen molar-refractivity contribution in [1.29, 1.82) is 0 Å². The summed E-state index contributed by atoms with van der Waals surface area (Å²) in [5.74, 6) is -0.472. The topological polar surface area (TPSA) is 69.7 Å². The Balaban J connectivity index is 1.80. The van der Waals surface area contributed by atoms with Crippen LogP contribution in [-0.2, 0) is 14.8 Å². The van der Waals surface area contributed by atoms with E-state index in [-0.39, 0.29) is 10.7 Å². The molecular formula is C20H23Cl2N3O3S. The molecule has 156 valence electrons. The van der Waals surface area contributed by atoms with Gasteiger partial charge in [0, 0.05) is 29.5 Å². The van der Waals surface area contributed by atoms with E-state index in [2.05, 4.69) is 10.2 Å². The minimum absolute atomic E-state index is 0.161. The molecule has 9 heteroatoms. The van der Waals surface area contributed by atoms with E-state index in [1.54, 1.807) is 6.07 Å². The molecule has 29 heavy (non-hydrogen) atoms. The normalized spacial score (nSPS) is 15.2. The second kappa shape index (κ2) is 8.81. The summed E-state index contributed by atoms with van der Waals surface area (Å²) >= 11 is 12.2. The Kier molecular flexibility index (Phi) is 6.61. The average Bonchev–Trinajstić information content (AvgIpc) is 3.19. The SMILES string of the molecule is C[C@H](C(=O)Nc1ccc(N2CCCC2)cc1)N(c1cc(Cl)ccc1Cl)S(C)(=O)=O. The largest absolute Gasteiger partial charge is 0.372 e. The van der Waals surface area contributed by atoms with Gasteiger partial charge in [-0.2, -0.15) is 0 Å². The zero-order valence-electron chi connectivity index (χ0n) is 16.2. The smallest absolute Gasteiger partial charge is 0.247 e. The number of benzene rings is 2. The molecule has 1 fully saturated rings. The summed E-state index contributed by atoms with van der Waals surface area (Å²) < 4.78 is 25.8. The standard InChI is InChI=1S/C20H23Cl2N3O3S/c1-14(25(29(2,27)28)19-13-15(21)5-10-18(19)22)20(26)23-16-6-8-17(9-7-16)24-11-3-4-12-24/h5-10,13-14H,3-4,11-12H2,1-2H3,(H,23,26)/t14-/m1/s1. The van der Waals surface area contributed by atoms with Gasteiger partial charge in [-0.05, 0) is 62.2 Å². The fourth-order valence-corrected chi connectivity index (χ4v) is 5.02. The van der Waals surface area contributed by atoms with Gasteiger partial charge >= 0.3 is 0 Å². The van der Waals surface area contributed by atoms with E-state index >= 15 is 0 Å². The molecule has 2 aromatic carbocycles. The first kappa shape index (κ1) is 21.7. The third-order valence-electron chi connectivity index (χ3n) is 4.84. The Bertz CT molecular complexity index is 991. The maximum Gasteiger partial charge on any atom is 0.247 e. The molecule has 6 nitrogen and oxygen atoms in total. The molecule has 1 aliphatic heterocycles. The Morgan fingerprint density at radius 2 is 1.72 bits per heavy atom. The lowest BCUT2D eigenvalue weighted by Crippen LogP contribution is -2.45. The van der Waals surface area contributed by atoms with Crippen molar-refractivity contribution in [1.82, 2.24) is 0 Å². The van der Waals surface area contributed by atoms with Crippen molar-refractivity contribution in [2.24, 2.45) is 0 Å². The summed E-state index contributed by atoms with van der Waals surface area (Å²) in [4.78, 5) is 15.1. The third kappa shape index (κ3) is 5.15.